The van der Waals surface area contributed by atoms with Crippen LogP contribution < -0.4 is 9.80 Å². The lowest BCUT2D eigenvalue weighted by Gasteiger charge is -2.45. The highest BCUT2D eigenvalue weighted by Crippen LogP contribution is 2.44. The summed E-state index contributed by atoms with van der Waals surface area (Å²) < 4.78 is 2.06. The number of hydrogen-bond donors (Lipinski definition) is 0. The third kappa shape index (κ3) is 4.55. The summed E-state index contributed by atoms with van der Waals surface area (Å²) in [7, 11) is 0. The lowest BCUT2D eigenvalue weighted by atomic mass is 9.86. The van der Waals surface area contributed by atoms with Crippen LogP contribution in [0.1, 0.15) is 88.5 Å². The predicted octanol–water partition coefficient (Wildman–Crippen LogP) is 5.24. The molecule has 5 heterocycles. The summed E-state index contributed by atoms with van der Waals surface area (Å²) in [6.45, 7) is 6.20. The highest BCUT2D eigenvalue weighted by atomic mass is 35.5. The van der Waals surface area contributed by atoms with E-state index in [1.165, 1.54) is 25.7 Å². The number of carbonyl (C=O) groups excluding carboxylic acids is 1. The Labute approximate surface area is 238 Å². The lowest BCUT2D eigenvalue weighted by molar-refractivity contribution is -0.120. The van der Waals surface area contributed by atoms with Gasteiger partial charge in [-0.05, 0) is 81.5 Å². The Bertz CT molecular complexity index is 1390. The molecule has 0 unspecified atom stereocenters. The van der Waals surface area contributed by atoms with Crippen molar-refractivity contribution in [2.75, 3.05) is 9.80 Å². The molecule has 0 radical (unpaired) electrons. The maximum Gasteiger partial charge on any atom is 0.224 e. The molecule has 3 aromatic heterocycles. The van der Waals surface area contributed by atoms with Crippen LogP contribution in [0.3, 0.4) is 0 Å². The standard InChI is InChI=1S/C14H17ClN6.C13H16ClN3O/c1-3-10-13-19-18-8(2)20(13)11-7-16-14(15)17-12(11)21(10)9-5-4-6-9;1-2-10-11(18)6-8-7-15-13(14)16-12(8)17(10)9-4-3-5-9/h7,9-10H,3-6H2,1-2H3;7,9-10H,2-6H2,1H3/t2*10-/m11/s1. The van der Waals surface area contributed by atoms with E-state index in [-0.39, 0.29) is 23.2 Å². The first-order valence-electron chi connectivity index (χ1n) is 14.0. The van der Waals surface area contributed by atoms with Crippen molar-refractivity contribution in [2.45, 2.75) is 103 Å². The zero-order valence-corrected chi connectivity index (χ0v) is 24.0. The van der Waals surface area contributed by atoms with Gasteiger partial charge < -0.3 is 9.80 Å². The number of ketones is 1. The zero-order valence-electron chi connectivity index (χ0n) is 22.5. The first-order valence-corrected chi connectivity index (χ1v) is 14.7. The number of carbonyl (C=O) groups is 1. The van der Waals surface area contributed by atoms with Crippen LogP contribution in [0.25, 0.3) is 5.69 Å². The highest BCUT2D eigenvalue weighted by Gasteiger charge is 2.41. The third-order valence-electron chi connectivity index (χ3n) is 8.53. The first-order chi connectivity index (χ1) is 18.9. The molecule has 0 amide bonds. The van der Waals surface area contributed by atoms with Crippen LogP contribution in [0, 0.1) is 6.92 Å². The van der Waals surface area contributed by atoms with Gasteiger partial charge in [-0.1, -0.05) is 13.8 Å². The number of aryl methyl sites for hydroxylation is 1. The lowest BCUT2D eigenvalue weighted by Crippen LogP contribution is -2.53. The van der Waals surface area contributed by atoms with Crippen LogP contribution in [0.5, 0.6) is 0 Å². The number of nitrogens with zero attached hydrogens (tertiary/aromatic N) is 9. The van der Waals surface area contributed by atoms with E-state index in [2.05, 4.69) is 58.3 Å². The molecule has 7 rings (SSSR count). The number of rotatable bonds is 4. The second-order valence-electron chi connectivity index (χ2n) is 10.8. The number of halogens is 2. The van der Waals surface area contributed by atoms with Crippen molar-refractivity contribution in [3.05, 3.63) is 40.2 Å². The Kier molecular flexibility index (Phi) is 7.18. The van der Waals surface area contributed by atoms with Crippen molar-refractivity contribution < 1.29 is 4.79 Å². The van der Waals surface area contributed by atoms with Crippen molar-refractivity contribution in [3.63, 3.8) is 0 Å². The van der Waals surface area contributed by atoms with Crippen LogP contribution in [0.2, 0.25) is 10.6 Å². The van der Waals surface area contributed by atoms with Gasteiger partial charge in [-0.2, -0.15) is 4.98 Å². The van der Waals surface area contributed by atoms with Crippen molar-refractivity contribution >= 4 is 40.6 Å². The number of hydrogen-bond acceptors (Lipinski definition) is 9. The molecule has 2 aliphatic heterocycles. The number of aromatic nitrogens is 7. The minimum Gasteiger partial charge on any atom is -0.343 e. The summed E-state index contributed by atoms with van der Waals surface area (Å²) in [4.78, 5) is 33.8. The minimum absolute atomic E-state index is 0.0335. The van der Waals surface area contributed by atoms with Crippen LogP contribution in [0.15, 0.2) is 12.4 Å². The largest absolute Gasteiger partial charge is 0.343 e. The van der Waals surface area contributed by atoms with Gasteiger partial charge in [0.05, 0.1) is 18.3 Å². The summed E-state index contributed by atoms with van der Waals surface area (Å²) in [6.07, 6.45) is 12.9. The van der Waals surface area contributed by atoms with Gasteiger partial charge in [0.15, 0.2) is 17.4 Å². The molecular weight excluding hydrogens is 537 g/mol. The van der Waals surface area contributed by atoms with Gasteiger partial charge >= 0.3 is 0 Å². The van der Waals surface area contributed by atoms with Crippen LogP contribution >= 0.6 is 23.2 Å². The highest BCUT2D eigenvalue weighted by molar-refractivity contribution is 6.28. The molecule has 12 heteroatoms. The molecule has 3 aromatic rings. The van der Waals surface area contributed by atoms with Crippen molar-refractivity contribution in [1.29, 1.82) is 0 Å². The van der Waals surface area contributed by atoms with E-state index in [9.17, 15) is 4.79 Å². The van der Waals surface area contributed by atoms with Crippen LogP contribution in [-0.2, 0) is 11.2 Å². The van der Waals surface area contributed by atoms with E-state index in [1.807, 2.05) is 6.92 Å². The van der Waals surface area contributed by atoms with E-state index in [0.29, 0.717) is 23.8 Å². The topological polar surface area (TPSA) is 106 Å². The van der Waals surface area contributed by atoms with Gasteiger partial charge in [-0.3, -0.25) is 9.36 Å². The average Bonchev–Trinajstić information content (AvgIpc) is 3.24. The molecule has 0 N–H and O–H groups in total. The Balaban J connectivity index is 0.000000144. The summed E-state index contributed by atoms with van der Waals surface area (Å²) >= 11 is 12.0. The van der Waals surface area contributed by atoms with E-state index in [1.54, 1.807) is 12.4 Å². The molecule has 2 aliphatic carbocycles. The van der Waals surface area contributed by atoms with Gasteiger partial charge in [-0.15, -0.1) is 10.2 Å². The molecule has 4 aliphatic rings. The molecule has 2 saturated carbocycles. The Morgan fingerprint density at radius 2 is 1.44 bits per heavy atom. The maximum absolute atomic E-state index is 12.2. The number of fused-ring (bicyclic) bond motifs is 4. The first kappa shape index (κ1) is 26.4. The second kappa shape index (κ2) is 10.6. The molecule has 206 valence electrons. The Hall–Kier alpha value is -2.85. The molecule has 2 atom stereocenters. The van der Waals surface area contributed by atoms with Crippen LogP contribution in [-0.4, -0.2) is 58.6 Å². The zero-order chi connectivity index (χ0) is 27.3. The molecule has 0 spiro atoms. The monoisotopic (exact) mass is 569 g/mol. The molecule has 0 bridgehead atoms. The summed E-state index contributed by atoms with van der Waals surface area (Å²) in [5.41, 5.74) is 1.86. The van der Waals surface area contributed by atoms with E-state index in [4.69, 9.17) is 23.2 Å². The molecule has 2 fully saturated rings. The van der Waals surface area contributed by atoms with E-state index < -0.39 is 0 Å². The smallest absolute Gasteiger partial charge is 0.224 e. The number of anilines is 2. The van der Waals surface area contributed by atoms with E-state index >= 15 is 0 Å². The molecule has 0 saturated heterocycles. The molecule has 10 nitrogen and oxygen atoms in total. The predicted molar refractivity (Wildman–Crippen MR) is 150 cm³/mol. The van der Waals surface area contributed by atoms with Crippen molar-refractivity contribution in [3.8, 4) is 5.69 Å². The molecule has 0 aromatic carbocycles. The van der Waals surface area contributed by atoms with Gasteiger partial charge in [-0.25, -0.2) is 15.0 Å². The molecule has 39 heavy (non-hydrogen) atoms. The fraction of sp³-hybridized carbons (Fsp3) is 0.593. The summed E-state index contributed by atoms with van der Waals surface area (Å²) in [5.74, 6) is 3.93. The van der Waals surface area contributed by atoms with Gasteiger partial charge in [0, 0.05) is 30.3 Å². The van der Waals surface area contributed by atoms with E-state index in [0.717, 1.165) is 60.2 Å². The maximum atomic E-state index is 12.2. The number of Topliss-reactive ketones (excluding diaryl/α,β-unsaturated/α-hetero) is 1. The minimum atomic E-state index is -0.0335. The van der Waals surface area contributed by atoms with Crippen LogP contribution in [0.4, 0.5) is 11.6 Å². The SMILES string of the molecule is CC[C@@H]1C(=O)Cc2cnc(Cl)nc2N1C1CCC1.CC[C@@H]1c2nnc(C)n2-c2cnc(Cl)nc2N1C1CCC1. The average molecular weight is 571 g/mol. The molecular formula is C27H33Cl2N9O. The second-order valence-corrected chi connectivity index (χ2v) is 11.4. The third-order valence-corrected chi connectivity index (χ3v) is 8.89. The Morgan fingerprint density at radius 3 is 2.03 bits per heavy atom. The summed E-state index contributed by atoms with van der Waals surface area (Å²) in [5, 5.41) is 9.22. The van der Waals surface area contributed by atoms with Gasteiger partial charge in [0.1, 0.15) is 17.3 Å². The fourth-order valence-electron chi connectivity index (χ4n) is 6.18. The quantitative estimate of drug-likeness (QED) is 0.390. The normalized spacial score (nSPS) is 22.2. The van der Waals surface area contributed by atoms with Crippen molar-refractivity contribution in [2.24, 2.45) is 0 Å². The Morgan fingerprint density at radius 1 is 0.846 bits per heavy atom. The van der Waals surface area contributed by atoms with Gasteiger partial charge in [0.2, 0.25) is 10.6 Å². The fourth-order valence-corrected chi connectivity index (χ4v) is 6.44. The van der Waals surface area contributed by atoms with Gasteiger partial charge in [0.25, 0.3) is 0 Å². The summed E-state index contributed by atoms with van der Waals surface area (Å²) in [6, 6.07) is 1.14. The van der Waals surface area contributed by atoms with Crippen molar-refractivity contribution in [1.82, 2.24) is 34.7 Å².